The molecule has 0 aliphatic carbocycles. The maximum absolute atomic E-state index is 2.65. The van der Waals surface area contributed by atoms with E-state index < -0.39 is 0 Å². The molecule has 0 saturated carbocycles. The summed E-state index contributed by atoms with van der Waals surface area (Å²) in [6, 6.07) is 18.9. The van der Waals surface area contributed by atoms with Crippen molar-refractivity contribution in [3.05, 3.63) is 76.3 Å². The van der Waals surface area contributed by atoms with Crippen molar-refractivity contribution in [3.8, 4) is 11.3 Å². The summed E-state index contributed by atoms with van der Waals surface area (Å²) in [5, 5.41) is 4.30. The zero-order chi connectivity index (χ0) is 23.7. The third-order valence-electron chi connectivity index (χ3n) is 8.26. The quantitative estimate of drug-likeness (QED) is 0.279. The van der Waals surface area contributed by atoms with Crippen LogP contribution >= 0.6 is 0 Å². The Morgan fingerprint density at radius 1 is 0.848 bits per heavy atom. The molecule has 0 spiro atoms. The summed E-state index contributed by atoms with van der Waals surface area (Å²) in [6.07, 6.45) is 2.28. The summed E-state index contributed by atoms with van der Waals surface area (Å²) in [6.45, 7) is 19.7. The molecule has 170 valence electrons. The number of fused-ring (bicyclic) bond motifs is 7. The van der Waals surface area contributed by atoms with Gasteiger partial charge in [-0.3, -0.25) is 0 Å². The van der Waals surface area contributed by atoms with E-state index in [4.69, 9.17) is 0 Å². The largest absolute Gasteiger partial charge is 0.213 e. The van der Waals surface area contributed by atoms with Gasteiger partial charge in [-0.15, -0.1) is 0 Å². The smallest absolute Gasteiger partial charge is 0.190 e. The van der Waals surface area contributed by atoms with Crippen LogP contribution in [0.5, 0.6) is 0 Å². The van der Waals surface area contributed by atoms with Crippen molar-refractivity contribution in [2.75, 3.05) is 0 Å². The average molecular weight is 437 g/mol. The summed E-state index contributed by atoms with van der Waals surface area (Å²) in [5.74, 6) is 0. The lowest BCUT2D eigenvalue weighted by molar-refractivity contribution is -0.672. The van der Waals surface area contributed by atoms with Gasteiger partial charge in [-0.05, 0) is 83.7 Å². The van der Waals surface area contributed by atoms with Crippen LogP contribution in [-0.4, -0.2) is 0 Å². The highest BCUT2D eigenvalue weighted by Crippen LogP contribution is 2.48. The molecular formula is C32H38N+. The lowest BCUT2D eigenvalue weighted by atomic mass is 9.67. The van der Waals surface area contributed by atoms with Gasteiger partial charge in [0, 0.05) is 12.1 Å². The molecule has 1 aliphatic heterocycles. The van der Waals surface area contributed by atoms with Gasteiger partial charge in [-0.2, -0.15) is 4.57 Å². The number of aryl methyl sites for hydroxylation is 3. The van der Waals surface area contributed by atoms with Crippen molar-refractivity contribution in [1.82, 2.24) is 0 Å². The van der Waals surface area contributed by atoms with E-state index in [0.29, 0.717) is 0 Å². The highest BCUT2D eigenvalue weighted by molar-refractivity contribution is 5.96. The highest BCUT2D eigenvalue weighted by atomic mass is 15.0. The second-order valence-electron chi connectivity index (χ2n) is 11.4. The highest BCUT2D eigenvalue weighted by Gasteiger charge is 2.44. The summed E-state index contributed by atoms with van der Waals surface area (Å²) >= 11 is 0. The normalized spacial score (nSPS) is 15.0. The summed E-state index contributed by atoms with van der Waals surface area (Å²) in [7, 11) is 0. The second kappa shape index (κ2) is 7.42. The van der Waals surface area contributed by atoms with E-state index in [9.17, 15) is 0 Å². The van der Waals surface area contributed by atoms with Gasteiger partial charge in [0.1, 0.15) is 0 Å². The summed E-state index contributed by atoms with van der Waals surface area (Å²) in [5.41, 5.74) is 11.6. The van der Waals surface area contributed by atoms with Gasteiger partial charge in [0.2, 0.25) is 11.2 Å². The van der Waals surface area contributed by atoms with E-state index in [-0.39, 0.29) is 10.8 Å². The number of aromatic nitrogens is 1. The Hall–Kier alpha value is -2.67. The topological polar surface area (TPSA) is 3.88 Å². The molecule has 4 aromatic rings. The monoisotopic (exact) mass is 436 g/mol. The van der Waals surface area contributed by atoms with E-state index in [1.807, 2.05) is 0 Å². The molecule has 1 nitrogen and oxygen atoms in total. The first-order chi connectivity index (χ1) is 15.6. The lowest BCUT2D eigenvalue weighted by Gasteiger charge is -2.38. The Balaban J connectivity index is 2.02. The molecule has 0 atom stereocenters. The van der Waals surface area contributed by atoms with E-state index >= 15 is 0 Å². The number of rotatable bonds is 2. The minimum atomic E-state index is 0.0804. The van der Waals surface area contributed by atoms with Crippen LogP contribution in [0.15, 0.2) is 48.5 Å². The first-order valence-corrected chi connectivity index (χ1v) is 12.6. The fourth-order valence-corrected chi connectivity index (χ4v) is 6.53. The van der Waals surface area contributed by atoms with Gasteiger partial charge in [-0.25, -0.2) is 0 Å². The Bertz CT molecular complexity index is 1410. The van der Waals surface area contributed by atoms with E-state index in [1.165, 1.54) is 55.2 Å². The van der Waals surface area contributed by atoms with E-state index in [1.54, 1.807) is 5.56 Å². The van der Waals surface area contributed by atoms with Crippen LogP contribution in [0.1, 0.15) is 75.3 Å². The van der Waals surface area contributed by atoms with Gasteiger partial charge in [0.25, 0.3) is 0 Å². The maximum Gasteiger partial charge on any atom is 0.213 e. The molecule has 0 radical (unpaired) electrons. The van der Waals surface area contributed by atoms with Gasteiger partial charge in [-0.1, -0.05) is 65.0 Å². The number of benzene rings is 3. The van der Waals surface area contributed by atoms with Crippen LogP contribution in [0.3, 0.4) is 0 Å². The van der Waals surface area contributed by atoms with Crippen LogP contribution in [0.25, 0.3) is 32.9 Å². The first kappa shape index (κ1) is 22.1. The Kier molecular flexibility index (Phi) is 4.98. The minimum Gasteiger partial charge on any atom is -0.190 e. The van der Waals surface area contributed by atoms with Crippen LogP contribution in [0.2, 0.25) is 0 Å². The molecule has 33 heavy (non-hydrogen) atoms. The van der Waals surface area contributed by atoms with Crippen molar-refractivity contribution < 1.29 is 4.57 Å². The number of hydrogen-bond donors (Lipinski definition) is 0. The van der Waals surface area contributed by atoms with Crippen LogP contribution < -0.4 is 4.57 Å². The van der Waals surface area contributed by atoms with Gasteiger partial charge >= 0.3 is 0 Å². The van der Waals surface area contributed by atoms with Gasteiger partial charge < -0.3 is 0 Å². The van der Waals surface area contributed by atoms with E-state index in [2.05, 4.69) is 108 Å². The molecule has 1 aromatic heterocycles. The summed E-state index contributed by atoms with van der Waals surface area (Å²) in [4.78, 5) is 0. The van der Waals surface area contributed by atoms with Crippen LogP contribution in [-0.2, 0) is 17.4 Å². The molecule has 3 aromatic carbocycles. The Morgan fingerprint density at radius 3 is 2.12 bits per heavy atom. The number of nitrogens with zero attached hydrogens (tertiary/aromatic N) is 1. The molecule has 0 unspecified atom stereocenters. The molecule has 0 fully saturated rings. The fraction of sp³-hybridized carbons (Fsp3) is 0.406. The third kappa shape index (κ3) is 3.15. The number of hydrogen-bond acceptors (Lipinski definition) is 0. The molecular weight excluding hydrogens is 398 g/mol. The predicted octanol–water partition coefficient (Wildman–Crippen LogP) is 8.24. The molecule has 1 heteroatoms. The average Bonchev–Trinajstić information content (AvgIpc) is 2.77. The van der Waals surface area contributed by atoms with Gasteiger partial charge in [0.05, 0.1) is 16.4 Å². The number of pyridine rings is 1. The Labute approximate surface area is 199 Å². The molecule has 0 saturated heterocycles. The molecule has 2 heterocycles. The van der Waals surface area contributed by atoms with Crippen LogP contribution in [0, 0.1) is 20.8 Å². The SMILES string of the molecule is CCC1(CC)C[n+]2c(cc(C)c3c(C)cc(C)cc32)-c2cc(C(C)(C)C)c3ccccc3c21. The zero-order valence-corrected chi connectivity index (χ0v) is 21.7. The summed E-state index contributed by atoms with van der Waals surface area (Å²) < 4.78 is 2.65. The van der Waals surface area contributed by atoms with Crippen molar-refractivity contribution >= 4 is 21.7 Å². The lowest BCUT2D eigenvalue weighted by Crippen LogP contribution is -2.51. The maximum atomic E-state index is 2.65. The second-order valence-corrected chi connectivity index (χ2v) is 11.4. The van der Waals surface area contributed by atoms with Crippen LogP contribution in [0.4, 0.5) is 0 Å². The van der Waals surface area contributed by atoms with E-state index in [0.717, 1.165) is 19.4 Å². The minimum absolute atomic E-state index is 0.0804. The van der Waals surface area contributed by atoms with Crippen molar-refractivity contribution in [1.29, 1.82) is 0 Å². The van der Waals surface area contributed by atoms with Crippen molar-refractivity contribution in [3.63, 3.8) is 0 Å². The third-order valence-corrected chi connectivity index (χ3v) is 8.26. The zero-order valence-electron chi connectivity index (χ0n) is 21.7. The molecule has 1 aliphatic rings. The first-order valence-electron chi connectivity index (χ1n) is 12.6. The van der Waals surface area contributed by atoms with Gasteiger partial charge in [0.15, 0.2) is 6.54 Å². The molecule has 0 amide bonds. The standard InChI is InChI=1S/C32H38N/c1-9-32(10-2)19-33-27(17-22(5)29-21(4)15-20(3)16-28(29)33)25-18-26(31(6,7)8)23-13-11-12-14-24(23)30(25)32/h11-18H,9-10,19H2,1-8H3/q+1. The van der Waals surface area contributed by atoms with Crippen molar-refractivity contribution in [2.45, 2.75) is 85.6 Å². The molecule has 0 bridgehead atoms. The van der Waals surface area contributed by atoms with Crippen molar-refractivity contribution in [2.24, 2.45) is 0 Å². The fourth-order valence-electron chi connectivity index (χ4n) is 6.53. The Morgan fingerprint density at radius 2 is 1.48 bits per heavy atom. The predicted molar refractivity (Wildman–Crippen MR) is 142 cm³/mol. The molecule has 5 rings (SSSR count). The molecule has 0 N–H and O–H groups in total.